The van der Waals surface area contributed by atoms with Crippen LogP contribution in [0.1, 0.15) is 37.0 Å². The summed E-state index contributed by atoms with van der Waals surface area (Å²) in [4.78, 5) is 31.6. The number of hydrogen-bond donors (Lipinski definition) is 1. The van der Waals surface area contributed by atoms with Crippen molar-refractivity contribution in [2.24, 2.45) is 0 Å². The van der Waals surface area contributed by atoms with E-state index >= 15 is 0 Å². The molecule has 0 spiro atoms. The summed E-state index contributed by atoms with van der Waals surface area (Å²) in [5, 5.41) is 2.54. The molecule has 2 aromatic heterocycles. The number of aryl methyl sites for hydroxylation is 1. The van der Waals surface area contributed by atoms with Crippen LogP contribution in [0, 0.1) is 6.92 Å². The number of fused-ring (bicyclic) bond motifs is 1. The molecule has 2 aromatic rings. The fraction of sp³-hybridized carbons (Fsp3) is 0.429. The number of anilines is 1. The van der Waals surface area contributed by atoms with Crippen LogP contribution >= 0.6 is 0 Å². The third kappa shape index (κ3) is 3.51. The van der Waals surface area contributed by atoms with E-state index in [-0.39, 0.29) is 5.69 Å². The lowest BCUT2D eigenvalue weighted by molar-refractivity contribution is 0.0591. The van der Waals surface area contributed by atoms with E-state index in [1.807, 2.05) is 0 Å². The number of ether oxygens (including phenoxy) is 2. The molecule has 0 bridgehead atoms. The van der Waals surface area contributed by atoms with E-state index in [9.17, 15) is 9.59 Å². The van der Waals surface area contributed by atoms with Gasteiger partial charge in [-0.2, -0.15) is 0 Å². The summed E-state index contributed by atoms with van der Waals surface area (Å²) in [7, 11) is 1.28. The van der Waals surface area contributed by atoms with Gasteiger partial charge in [-0.1, -0.05) is 0 Å². The molecule has 0 aromatic carbocycles. The fourth-order valence-electron chi connectivity index (χ4n) is 1.82. The summed E-state index contributed by atoms with van der Waals surface area (Å²) in [6.07, 6.45) is 2.46. The number of esters is 1. The first-order valence-electron chi connectivity index (χ1n) is 6.64. The molecule has 2 heterocycles. The number of carbonyl (C=O) groups excluding carboxylic acids is 2. The fourth-order valence-corrected chi connectivity index (χ4v) is 1.82. The van der Waals surface area contributed by atoms with E-state index in [2.05, 4.69) is 20.0 Å². The monoisotopic (exact) mass is 306 g/mol. The lowest BCUT2D eigenvalue weighted by Gasteiger charge is -2.18. The van der Waals surface area contributed by atoms with Crippen molar-refractivity contribution in [1.29, 1.82) is 0 Å². The maximum atomic E-state index is 11.7. The van der Waals surface area contributed by atoms with E-state index < -0.39 is 17.7 Å². The summed E-state index contributed by atoms with van der Waals surface area (Å²) in [6, 6.07) is 0. The molecule has 8 heteroatoms. The van der Waals surface area contributed by atoms with Gasteiger partial charge in [0.1, 0.15) is 5.60 Å². The Balaban J connectivity index is 2.29. The molecule has 0 radical (unpaired) electrons. The quantitative estimate of drug-likeness (QED) is 0.854. The molecular formula is C14H18N4O4. The van der Waals surface area contributed by atoms with Gasteiger partial charge in [-0.05, 0) is 27.7 Å². The molecule has 118 valence electrons. The highest BCUT2D eigenvalue weighted by Crippen LogP contribution is 2.15. The number of hydrogen-bond acceptors (Lipinski definition) is 6. The largest absolute Gasteiger partial charge is 0.464 e. The minimum absolute atomic E-state index is 0.161. The predicted molar refractivity (Wildman–Crippen MR) is 78.9 cm³/mol. The van der Waals surface area contributed by atoms with Gasteiger partial charge in [0.05, 0.1) is 19.0 Å². The van der Waals surface area contributed by atoms with Crippen LogP contribution in [0.3, 0.4) is 0 Å². The van der Waals surface area contributed by atoms with Crippen LogP contribution in [-0.4, -0.2) is 39.1 Å². The second kappa shape index (κ2) is 5.63. The SMILES string of the molecule is COC(=O)c1cn2cc(NC(=O)OC(C)(C)C)nc2c(C)n1. The Morgan fingerprint density at radius 2 is 1.91 bits per heavy atom. The summed E-state index contributed by atoms with van der Waals surface area (Å²) >= 11 is 0. The number of rotatable bonds is 2. The van der Waals surface area contributed by atoms with Gasteiger partial charge in [0.15, 0.2) is 17.2 Å². The van der Waals surface area contributed by atoms with Crippen molar-refractivity contribution < 1.29 is 19.1 Å². The van der Waals surface area contributed by atoms with E-state index in [0.717, 1.165) is 0 Å². The van der Waals surface area contributed by atoms with Gasteiger partial charge >= 0.3 is 12.1 Å². The predicted octanol–water partition coefficient (Wildman–Crippen LogP) is 2.17. The lowest BCUT2D eigenvalue weighted by atomic mass is 10.2. The highest BCUT2D eigenvalue weighted by molar-refractivity contribution is 5.87. The zero-order valence-electron chi connectivity index (χ0n) is 13.1. The molecule has 1 N–H and O–H groups in total. The minimum atomic E-state index is -0.602. The van der Waals surface area contributed by atoms with Gasteiger partial charge in [0, 0.05) is 6.20 Å². The first kappa shape index (κ1) is 15.7. The average Bonchev–Trinajstić information content (AvgIpc) is 2.78. The molecule has 0 fully saturated rings. The number of amides is 1. The maximum Gasteiger partial charge on any atom is 0.413 e. The Labute approximate surface area is 127 Å². The second-order valence-corrected chi connectivity index (χ2v) is 5.69. The smallest absolute Gasteiger partial charge is 0.413 e. The van der Waals surface area contributed by atoms with Crippen molar-refractivity contribution in [2.45, 2.75) is 33.3 Å². The molecule has 0 saturated heterocycles. The van der Waals surface area contributed by atoms with Gasteiger partial charge in [0.2, 0.25) is 0 Å². The van der Waals surface area contributed by atoms with Gasteiger partial charge in [0.25, 0.3) is 0 Å². The molecule has 0 unspecified atom stereocenters. The molecule has 0 aliphatic carbocycles. The lowest BCUT2D eigenvalue weighted by Crippen LogP contribution is -2.27. The molecule has 0 aliphatic heterocycles. The number of aromatic nitrogens is 3. The summed E-state index contributed by atoms with van der Waals surface area (Å²) < 4.78 is 11.4. The highest BCUT2D eigenvalue weighted by atomic mass is 16.6. The van der Waals surface area contributed by atoms with Crippen LogP contribution < -0.4 is 5.32 Å². The standard InChI is InChI=1S/C14H18N4O4/c1-8-11-16-10(17-13(20)22-14(2,3)4)7-18(11)6-9(15-8)12(19)21-5/h6-7H,1-5H3,(H,17,20). The second-order valence-electron chi connectivity index (χ2n) is 5.69. The van der Waals surface area contributed by atoms with Crippen molar-refractivity contribution in [3.05, 3.63) is 23.8 Å². The number of nitrogens with zero attached hydrogens (tertiary/aromatic N) is 3. The molecule has 1 amide bonds. The van der Waals surface area contributed by atoms with E-state index in [1.54, 1.807) is 38.3 Å². The first-order chi connectivity index (χ1) is 10.2. The van der Waals surface area contributed by atoms with Crippen LogP contribution in [0.25, 0.3) is 5.65 Å². The number of carbonyl (C=O) groups is 2. The first-order valence-corrected chi connectivity index (χ1v) is 6.64. The molecule has 0 atom stereocenters. The highest BCUT2D eigenvalue weighted by Gasteiger charge is 2.18. The van der Waals surface area contributed by atoms with Crippen LogP contribution in [0.5, 0.6) is 0 Å². The Morgan fingerprint density at radius 3 is 2.50 bits per heavy atom. The van der Waals surface area contributed by atoms with Gasteiger partial charge in [-0.25, -0.2) is 19.6 Å². The Bertz CT molecular complexity index is 730. The third-order valence-electron chi connectivity index (χ3n) is 2.63. The molecule has 0 aliphatic rings. The van der Waals surface area contributed by atoms with Crippen molar-refractivity contribution in [3.8, 4) is 0 Å². The van der Waals surface area contributed by atoms with Crippen LogP contribution in [0.2, 0.25) is 0 Å². The van der Waals surface area contributed by atoms with Crippen LogP contribution in [0.15, 0.2) is 12.4 Å². The Morgan fingerprint density at radius 1 is 1.23 bits per heavy atom. The minimum Gasteiger partial charge on any atom is -0.464 e. The zero-order chi connectivity index (χ0) is 16.5. The van der Waals surface area contributed by atoms with E-state index in [1.165, 1.54) is 13.3 Å². The number of imidazole rings is 1. The van der Waals surface area contributed by atoms with Crippen molar-refractivity contribution in [1.82, 2.24) is 14.4 Å². The zero-order valence-corrected chi connectivity index (χ0v) is 13.1. The molecular weight excluding hydrogens is 288 g/mol. The van der Waals surface area contributed by atoms with Crippen molar-refractivity contribution in [2.75, 3.05) is 12.4 Å². The number of methoxy groups -OCH3 is 1. The maximum absolute atomic E-state index is 11.7. The average molecular weight is 306 g/mol. The van der Waals surface area contributed by atoms with Crippen LogP contribution in [-0.2, 0) is 9.47 Å². The Kier molecular flexibility index (Phi) is 4.03. The Hall–Kier alpha value is -2.64. The van der Waals surface area contributed by atoms with Crippen molar-refractivity contribution in [3.63, 3.8) is 0 Å². The number of nitrogens with one attached hydrogen (secondary N) is 1. The topological polar surface area (TPSA) is 94.8 Å². The van der Waals surface area contributed by atoms with E-state index in [4.69, 9.17) is 4.74 Å². The van der Waals surface area contributed by atoms with Crippen molar-refractivity contribution >= 4 is 23.5 Å². The third-order valence-corrected chi connectivity index (χ3v) is 2.63. The summed E-state index contributed by atoms with van der Waals surface area (Å²) in [6.45, 7) is 7.03. The van der Waals surface area contributed by atoms with E-state index in [0.29, 0.717) is 17.2 Å². The summed E-state index contributed by atoms with van der Waals surface area (Å²) in [5.41, 5.74) is 0.631. The normalized spacial score (nSPS) is 11.3. The molecule has 8 nitrogen and oxygen atoms in total. The molecule has 2 rings (SSSR count). The molecule has 0 saturated carbocycles. The molecule has 22 heavy (non-hydrogen) atoms. The van der Waals surface area contributed by atoms with Gasteiger partial charge < -0.3 is 13.9 Å². The van der Waals surface area contributed by atoms with Gasteiger partial charge in [-0.3, -0.25) is 5.32 Å². The van der Waals surface area contributed by atoms with Crippen LogP contribution in [0.4, 0.5) is 10.6 Å². The summed E-state index contributed by atoms with van der Waals surface area (Å²) in [5.74, 6) is -0.235. The van der Waals surface area contributed by atoms with Gasteiger partial charge in [-0.15, -0.1) is 0 Å².